The first-order chi connectivity index (χ1) is 13.6. The van der Waals surface area contributed by atoms with Crippen LogP contribution in [0.5, 0.6) is 0 Å². The number of carbonyl (C=O) groups excluding carboxylic acids is 1. The molecule has 1 aliphatic carbocycles. The van der Waals surface area contributed by atoms with Crippen LogP contribution in [0.1, 0.15) is 23.8 Å². The van der Waals surface area contributed by atoms with Gasteiger partial charge in [-0.05, 0) is 55.2 Å². The van der Waals surface area contributed by atoms with E-state index in [2.05, 4.69) is 28.5 Å². The number of nitrogens with one attached hydrogen (secondary N) is 1. The van der Waals surface area contributed by atoms with E-state index in [1.165, 1.54) is 28.6 Å². The summed E-state index contributed by atoms with van der Waals surface area (Å²) in [5.74, 6) is 1.41. The standard InChI is InChI=1S/C20H21N3O2S3/c1-12-7-8-15-13(9-12)10-17(28-15)19-22-23-20(25-19)27-11-18(24)21-14-5-3-4-6-16(14)26-2/h3-6,10,12H,7-9,11H2,1-2H3,(H,21,24). The van der Waals surface area contributed by atoms with Crippen LogP contribution in [0.3, 0.4) is 0 Å². The zero-order valence-corrected chi connectivity index (χ0v) is 18.2. The number of hydrogen-bond donors (Lipinski definition) is 1. The van der Waals surface area contributed by atoms with Crippen molar-refractivity contribution >= 4 is 46.5 Å². The molecule has 3 aromatic rings. The number of benzene rings is 1. The van der Waals surface area contributed by atoms with Gasteiger partial charge in [0, 0.05) is 9.77 Å². The molecule has 0 radical (unpaired) electrons. The number of rotatable bonds is 6. The van der Waals surface area contributed by atoms with Gasteiger partial charge in [-0.2, -0.15) is 0 Å². The van der Waals surface area contributed by atoms with E-state index in [1.807, 2.05) is 30.5 Å². The van der Waals surface area contributed by atoms with Crippen LogP contribution in [0, 0.1) is 5.92 Å². The van der Waals surface area contributed by atoms with Gasteiger partial charge in [0.05, 0.1) is 16.3 Å². The number of thiophene rings is 1. The first-order valence-electron chi connectivity index (χ1n) is 9.13. The third-order valence-electron chi connectivity index (χ3n) is 4.65. The topological polar surface area (TPSA) is 68.0 Å². The molecule has 0 bridgehead atoms. The fraction of sp³-hybridized carbons (Fsp3) is 0.350. The van der Waals surface area contributed by atoms with Gasteiger partial charge in [0.2, 0.25) is 5.91 Å². The highest BCUT2D eigenvalue weighted by Gasteiger charge is 2.21. The number of thioether (sulfide) groups is 2. The van der Waals surface area contributed by atoms with E-state index in [-0.39, 0.29) is 11.7 Å². The Kier molecular flexibility index (Phi) is 6.08. The molecule has 2 heterocycles. The van der Waals surface area contributed by atoms with Crippen LogP contribution in [0.15, 0.2) is 44.9 Å². The molecule has 1 N–H and O–H groups in total. The number of fused-ring (bicyclic) bond motifs is 1. The van der Waals surface area contributed by atoms with Gasteiger partial charge < -0.3 is 9.73 Å². The number of hydrogen-bond acceptors (Lipinski definition) is 7. The van der Waals surface area contributed by atoms with E-state index >= 15 is 0 Å². The lowest BCUT2D eigenvalue weighted by Crippen LogP contribution is -2.14. The molecule has 0 saturated heterocycles. The zero-order valence-electron chi connectivity index (χ0n) is 15.7. The minimum Gasteiger partial charge on any atom is -0.410 e. The monoisotopic (exact) mass is 431 g/mol. The Hall–Kier alpha value is -1.77. The molecular weight excluding hydrogens is 410 g/mol. The van der Waals surface area contributed by atoms with Gasteiger partial charge in [0.15, 0.2) is 0 Å². The summed E-state index contributed by atoms with van der Waals surface area (Å²) in [7, 11) is 0. The highest BCUT2D eigenvalue weighted by Crippen LogP contribution is 2.37. The fourth-order valence-electron chi connectivity index (χ4n) is 3.24. The summed E-state index contributed by atoms with van der Waals surface area (Å²) in [4.78, 5) is 15.8. The normalized spacial score (nSPS) is 16.0. The Morgan fingerprint density at radius 2 is 2.21 bits per heavy atom. The number of aromatic nitrogens is 2. The fourth-order valence-corrected chi connectivity index (χ4v) is 5.49. The third kappa shape index (κ3) is 4.45. The van der Waals surface area contributed by atoms with Crippen LogP contribution >= 0.6 is 34.9 Å². The average Bonchev–Trinajstić information content (AvgIpc) is 3.33. The Morgan fingerprint density at radius 1 is 1.36 bits per heavy atom. The van der Waals surface area contributed by atoms with E-state index < -0.39 is 0 Å². The molecule has 2 aromatic heterocycles. The third-order valence-corrected chi connectivity index (χ3v) is 7.49. The van der Waals surface area contributed by atoms with E-state index in [4.69, 9.17) is 4.42 Å². The van der Waals surface area contributed by atoms with Crippen molar-refractivity contribution in [3.05, 3.63) is 40.8 Å². The minimum atomic E-state index is -0.0909. The molecule has 1 aromatic carbocycles. The number of anilines is 1. The molecule has 28 heavy (non-hydrogen) atoms. The highest BCUT2D eigenvalue weighted by atomic mass is 32.2. The summed E-state index contributed by atoms with van der Waals surface area (Å²) in [5.41, 5.74) is 2.24. The number of aryl methyl sites for hydroxylation is 1. The van der Waals surface area contributed by atoms with Crippen molar-refractivity contribution in [1.82, 2.24) is 10.2 Å². The largest absolute Gasteiger partial charge is 0.410 e. The van der Waals surface area contributed by atoms with Crippen molar-refractivity contribution in [1.29, 1.82) is 0 Å². The summed E-state index contributed by atoms with van der Waals surface area (Å²) in [6.45, 7) is 2.30. The van der Waals surface area contributed by atoms with Crippen molar-refractivity contribution in [2.75, 3.05) is 17.3 Å². The second-order valence-electron chi connectivity index (χ2n) is 6.82. The number of carbonyl (C=O) groups is 1. The molecule has 0 spiro atoms. The Bertz CT molecular complexity index is 983. The number of nitrogens with zero attached hydrogens (tertiary/aromatic N) is 2. The number of para-hydroxylation sites is 1. The Labute approximate surface area is 176 Å². The molecule has 1 atom stereocenters. The maximum atomic E-state index is 12.3. The van der Waals surface area contributed by atoms with E-state index in [0.717, 1.165) is 34.2 Å². The molecule has 1 unspecified atom stereocenters. The smallest absolute Gasteiger partial charge is 0.277 e. The highest BCUT2D eigenvalue weighted by molar-refractivity contribution is 7.99. The maximum Gasteiger partial charge on any atom is 0.277 e. The van der Waals surface area contributed by atoms with E-state index in [0.29, 0.717) is 11.1 Å². The lowest BCUT2D eigenvalue weighted by atomic mass is 9.90. The molecule has 0 fully saturated rings. The Balaban J connectivity index is 1.37. The maximum absolute atomic E-state index is 12.3. The zero-order chi connectivity index (χ0) is 19.5. The molecule has 0 aliphatic heterocycles. The van der Waals surface area contributed by atoms with Gasteiger partial charge in [-0.25, -0.2) is 0 Å². The molecule has 4 rings (SSSR count). The Morgan fingerprint density at radius 3 is 3.07 bits per heavy atom. The predicted molar refractivity (Wildman–Crippen MR) is 116 cm³/mol. The van der Waals surface area contributed by atoms with Gasteiger partial charge >= 0.3 is 0 Å². The average molecular weight is 432 g/mol. The summed E-state index contributed by atoms with van der Waals surface area (Å²) in [5, 5.41) is 11.6. The van der Waals surface area contributed by atoms with Crippen LogP contribution in [-0.4, -0.2) is 28.1 Å². The summed E-state index contributed by atoms with van der Waals surface area (Å²) in [6, 6.07) is 9.94. The minimum absolute atomic E-state index is 0.0909. The van der Waals surface area contributed by atoms with E-state index in [9.17, 15) is 4.79 Å². The predicted octanol–water partition coefficient (Wildman–Crippen LogP) is 5.38. The van der Waals surface area contributed by atoms with Gasteiger partial charge in [0.1, 0.15) is 0 Å². The van der Waals surface area contributed by atoms with Gasteiger partial charge in [-0.1, -0.05) is 30.8 Å². The number of amides is 1. The summed E-state index contributed by atoms with van der Waals surface area (Å²) in [6.07, 6.45) is 5.49. The molecule has 5 nitrogen and oxygen atoms in total. The molecule has 0 saturated carbocycles. The van der Waals surface area contributed by atoms with Crippen molar-refractivity contribution in [2.45, 2.75) is 36.3 Å². The van der Waals surface area contributed by atoms with Gasteiger partial charge in [0.25, 0.3) is 11.1 Å². The summed E-state index contributed by atoms with van der Waals surface area (Å²) >= 11 is 4.61. The van der Waals surface area contributed by atoms with Crippen LogP contribution in [0.4, 0.5) is 5.69 Å². The summed E-state index contributed by atoms with van der Waals surface area (Å²) < 4.78 is 5.79. The van der Waals surface area contributed by atoms with Crippen LogP contribution in [0.2, 0.25) is 0 Å². The van der Waals surface area contributed by atoms with Gasteiger partial charge in [-0.15, -0.1) is 33.3 Å². The van der Waals surface area contributed by atoms with Crippen molar-refractivity contribution in [3.63, 3.8) is 0 Å². The molecule has 146 valence electrons. The SMILES string of the molecule is CSc1ccccc1NC(=O)CSc1nnc(-c2cc3c(s2)CCC(C)C3)o1. The van der Waals surface area contributed by atoms with E-state index in [1.54, 1.807) is 23.1 Å². The second kappa shape index (κ2) is 8.71. The molecule has 8 heteroatoms. The molecular formula is C20H21N3O2S3. The lowest BCUT2D eigenvalue weighted by molar-refractivity contribution is -0.113. The first-order valence-corrected chi connectivity index (χ1v) is 12.2. The van der Waals surface area contributed by atoms with Crippen molar-refractivity contribution < 1.29 is 9.21 Å². The first kappa shape index (κ1) is 19.5. The lowest BCUT2D eigenvalue weighted by Gasteiger charge is -2.16. The van der Waals surface area contributed by atoms with Gasteiger partial charge in [-0.3, -0.25) is 4.79 Å². The quantitative estimate of drug-likeness (QED) is 0.529. The van der Waals surface area contributed by atoms with Crippen LogP contribution in [0.25, 0.3) is 10.8 Å². The van der Waals surface area contributed by atoms with Crippen molar-refractivity contribution in [3.8, 4) is 10.8 Å². The molecule has 1 amide bonds. The van der Waals surface area contributed by atoms with Crippen molar-refractivity contribution in [2.24, 2.45) is 5.92 Å². The molecule has 1 aliphatic rings. The second-order valence-corrected chi connectivity index (χ2v) is 9.73. The van der Waals surface area contributed by atoms with Crippen LogP contribution < -0.4 is 5.32 Å². The van der Waals surface area contributed by atoms with Crippen LogP contribution in [-0.2, 0) is 17.6 Å².